The van der Waals surface area contributed by atoms with Gasteiger partial charge in [0.2, 0.25) is 0 Å². The first-order valence-electron chi connectivity index (χ1n) is 6.13. The summed E-state index contributed by atoms with van der Waals surface area (Å²) in [6.45, 7) is 1.38. The normalized spacial score (nSPS) is 12.0. The van der Waals surface area contributed by atoms with Crippen molar-refractivity contribution < 1.29 is 4.74 Å². The van der Waals surface area contributed by atoms with Gasteiger partial charge in [0, 0.05) is 19.1 Å². The fraction of sp³-hybridized carbons (Fsp3) is 0.467. The maximum absolute atomic E-state index is 5.95. The zero-order valence-corrected chi connectivity index (χ0v) is 10.3. The van der Waals surface area contributed by atoms with Gasteiger partial charge in [-0.15, -0.1) is 12.3 Å². The van der Waals surface area contributed by atoms with Gasteiger partial charge >= 0.3 is 0 Å². The summed E-state index contributed by atoms with van der Waals surface area (Å²) in [5, 5.41) is 0. The van der Waals surface area contributed by atoms with Crippen LogP contribution in [0.5, 0.6) is 0 Å². The van der Waals surface area contributed by atoms with Crippen LogP contribution in [0, 0.1) is 12.3 Å². The highest BCUT2D eigenvalue weighted by Crippen LogP contribution is 2.04. The van der Waals surface area contributed by atoms with Gasteiger partial charge in [-0.1, -0.05) is 30.3 Å². The van der Waals surface area contributed by atoms with Crippen molar-refractivity contribution in [3.8, 4) is 12.3 Å². The molecule has 0 aromatic heterocycles. The summed E-state index contributed by atoms with van der Waals surface area (Å²) < 4.78 is 5.58. The Kier molecular flexibility index (Phi) is 7.13. The lowest BCUT2D eigenvalue weighted by molar-refractivity contribution is 0.113. The highest BCUT2D eigenvalue weighted by atomic mass is 16.5. The van der Waals surface area contributed by atoms with Crippen molar-refractivity contribution >= 4 is 0 Å². The summed E-state index contributed by atoms with van der Waals surface area (Å²) in [4.78, 5) is 0. The van der Waals surface area contributed by atoms with Crippen LogP contribution >= 0.6 is 0 Å². The number of hydrogen-bond donors (Lipinski definition) is 1. The van der Waals surface area contributed by atoms with Crippen LogP contribution in [0.15, 0.2) is 30.3 Å². The van der Waals surface area contributed by atoms with Crippen molar-refractivity contribution in [1.29, 1.82) is 0 Å². The Hall–Kier alpha value is -1.30. The van der Waals surface area contributed by atoms with Gasteiger partial charge in [0.05, 0.1) is 6.61 Å². The van der Waals surface area contributed by atoms with E-state index in [4.69, 9.17) is 16.9 Å². The molecule has 0 saturated heterocycles. The molecule has 2 N–H and O–H groups in total. The van der Waals surface area contributed by atoms with Gasteiger partial charge in [0.25, 0.3) is 0 Å². The minimum absolute atomic E-state index is 0.208. The molecule has 1 atom stereocenters. The van der Waals surface area contributed by atoms with Crippen LogP contribution in [0.1, 0.15) is 31.2 Å². The summed E-state index contributed by atoms with van der Waals surface area (Å²) in [7, 11) is 0. The Labute approximate surface area is 104 Å². The van der Waals surface area contributed by atoms with Crippen LogP contribution in [0.2, 0.25) is 0 Å². The summed E-state index contributed by atoms with van der Waals surface area (Å²) in [5.41, 5.74) is 7.15. The largest absolute Gasteiger partial charge is 0.377 e. The van der Waals surface area contributed by atoms with Gasteiger partial charge in [-0.05, 0) is 24.8 Å². The number of terminal acetylenes is 1. The second-order valence-electron chi connectivity index (χ2n) is 4.18. The summed E-state index contributed by atoms with van der Waals surface area (Å²) in [5.74, 6) is 2.63. The second-order valence-corrected chi connectivity index (χ2v) is 4.18. The van der Waals surface area contributed by atoms with Crippen LogP contribution in [-0.2, 0) is 11.3 Å². The lowest BCUT2D eigenvalue weighted by atomic mass is 10.1. The minimum Gasteiger partial charge on any atom is -0.377 e. The van der Waals surface area contributed by atoms with Crippen molar-refractivity contribution in [2.75, 3.05) is 6.61 Å². The number of nitrogens with two attached hydrogens (primary N) is 1. The Balaban J connectivity index is 2.02. The molecule has 1 unspecified atom stereocenters. The van der Waals surface area contributed by atoms with Gasteiger partial charge in [0.1, 0.15) is 0 Å². The molecule has 1 aromatic carbocycles. The molecule has 0 aliphatic heterocycles. The number of hydrogen-bond acceptors (Lipinski definition) is 2. The Bertz CT molecular complexity index is 329. The predicted molar refractivity (Wildman–Crippen MR) is 71.4 cm³/mol. The molecule has 17 heavy (non-hydrogen) atoms. The highest BCUT2D eigenvalue weighted by Gasteiger charge is 2.01. The minimum atomic E-state index is 0.208. The van der Waals surface area contributed by atoms with E-state index in [0.29, 0.717) is 13.2 Å². The first-order valence-corrected chi connectivity index (χ1v) is 6.13. The van der Waals surface area contributed by atoms with E-state index in [9.17, 15) is 0 Å². The van der Waals surface area contributed by atoms with E-state index in [1.807, 2.05) is 18.2 Å². The maximum atomic E-state index is 5.95. The van der Waals surface area contributed by atoms with E-state index >= 15 is 0 Å². The van der Waals surface area contributed by atoms with E-state index < -0.39 is 0 Å². The van der Waals surface area contributed by atoms with Crippen molar-refractivity contribution in [2.24, 2.45) is 5.73 Å². The Morgan fingerprint density at radius 1 is 1.24 bits per heavy atom. The molecule has 2 heteroatoms. The number of ether oxygens (including phenoxy) is 1. The number of benzene rings is 1. The van der Waals surface area contributed by atoms with Crippen molar-refractivity contribution in [2.45, 2.75) is 38.3 Å². The van der Waals surface area contributed by atoms with E-state index in [1.165, 1.54) is 5.56 Å². The fourth-order valence-corrected chi connectivity index (χ4v) is 1.61. The van der Waals surface area contributed by atoms with Crippen molar-refractivity contribution in [1.82, 2.24) is 0 Å². The molecule has 0 radical (unpaired) electrons. The molecule has 0 heterocycles. The number of rotatable bonds is 8. The third kappa shape index (κ3) is 6.78. The summed E-state index contributed by atoms with van der Waals surface area (Å²) >= 11 is 0. The van der Waals surface area contributed by atoms with Gasteiger partial charge in [-0.2, -0.15) is 0 Å². The van der Waals surface area contributed by atoms with Crippen molar-refractivity contribution in [3.63, 3.8) is 0 Å². The summed E-state index contributed by atoms with van der Waals surface area (Å²) in [6.07, 6.45) is 8.90. The molecule has 0 aliphatic rings. The first-order chi connectivity index (χ1) is 8.33. The SMILES string of the molecule is C#CCCCC(N)CCOCc1ccccc1. The Morgan fingerprint density at radius 3 is 2.71 bits per heavy atom. The molecule has 0 aliphatic carbocycles. The molecule has 1 aromatic rings. The third-order valence-corrected chi connectivity index (χ3v) is 2.64. The van der Waals surface area contributed by atoms with E-state index in [0.717, 1.165) is 25.7 Å². The highest BCUT2D eigenvalue weighted by molar-refractivity contribution is 5.13. The van der Waals surface area contributed by atoms with Gasteiger partial charge in [-0.3, -0.25) is 0 Å². The average molecular weight is 231 g/mol. The van der Waals surface area contributed by atoms with Gasteiger partial charge < -0.3 is 10.5 Å². The molecule has 0 amide bonds. The third-order valence-electron chi connectivity index (χ3n) is 2.64. The molecule has 2 nitrogen and oxygen atoms in total. The topological polar surface area (TPSA) is 35.2 Å². The predicted octanol–water partition coefficient (Wildman–Crippen LogP) is 2.72. The maximum Gasteiger partial charge on any atom is 0.0716 e. The van der Waals surface area contributed by atoms with Crippen LogP contribution in [0.3, 0.4) is 0 Å². The quantitative estimate of drug-likeness (QED) is 0.551. The lowest BCUT2D eigenvalue weighted by Crippen LogP contribution is -2.21. The molecule has 0 saturated carbocycles. The van der Waals surface area contributed by atoms with E-state index in [2.05, 4.69) is 18.1 Å². The zero-order chi connectivity index (χ0) is 12.3. The van der Waals surface area contributed by atoms with Crippen molar-refractivity contribution in [3.05, 3.63) is 35.9 Å². The molecular weight excluding hydrogens is 210 g/mol. The van der Waals surface area contributed by atoms with Gasteiger partial charge in [-0.25, -0.2) is 0 Å². The lowest BCUT2D eigenvalue weighted by Gasteiger charge is -2.10. The fourth-order valence-electron chi connectivity index (χ4n) is 1.61. The van der Waals surface area contributed by atoms with Crippen LogP contribution in [-0.4, -0.2) is 12.6 Å². The molecule has 1 rings (SSSR count). The zero-order valence-electron chi connectivity index (χ0n) is 10.3. The smallest absolute Gasteiger partial charge is 0.0716 e. The molecule has 0 bridgehead atoms. The average Bonchev–Trinajstić information content (AvgIpc) is 2.36. The molecule has 92 valence electrons. The standard InChI is InChI=1S/C15H21NO/c1-2-3-5-10-15(16)11-12-17-13-14-8-6-4-7-9-14/h1,4,6-9,15H,3,5,10-13,16H2. The van der Waals surface area contributed by atoms with Crippen LogP contribution in [0.4, 0.5) is 0 Å². The molecule has 0 fully saturated rings. The van der Waals surface area contributed by atoms with Crippen LogP contribution in [0.25, 0.3) is 0 Å². The second kappa shape index (κ2) is 8.81. The Morgan fingerprint density at radius 2 is 2.00 bits per heavy atom. The monoisotopic (exact) mass is 231 g/mol. The molecule has 0 spiro atoms. The van der Waals surface area contributed by atoms with Gasteiger partial charge in [0.15, 0.2) is 0 Å². The number of unbranched alkanes of at least 4 members (excludes halogenated alkanes) is 1. The van der Waals surface area contributed by atoms with E-state index in [1.54, 1.807) is 0 Å². The van der Waals surface area contributed by atoms with E-state index in [-0.39, 0.29) is 6.04 Å². The van der Waals surface area contributed by atoms with Crippen LogP contribution < -0.4 is 5.73 Å². The molecular formula is C15H21NO. The summed E-state index contributed by atoms with van der Waals surface area (Å²) in [6, 6.07) is 10.4. The first kappa shape index (κ1) is 13.8.